The molecule has 0 aromatic heterocycles. The third-order valence-corrected chi connectivity index (χ3v) is 4.19. The number of aliphatic hydroxyl groups is 1. The smallest absolute Gasteiger partial charge is 0.0854 e. The van der Waals surface area contributed by atoms with Gasteiger partial charge in [-0.1, -0.05) is 13.8 Å². The van der Waals surface area contributed by atoms with E-state index in [9.17, 15) is 5.11 Å². The van der Waals surface area contributed by atoms with Crippen molar-refractivity contribution in [2.24, 2.45) is 11.1 Å². The Labute approximate surface area is 92.0 Å². The van der Waals surface area contributed by atoms with Gasteiger partial charge in [0.05, 0.1) is 17.7 Å². The van der Waals surface area contributed by atoms with E-state index in [0.29, 0.717) is 13.2 Å². The second-order valence-corrected chi connectivity index (χ2v) is 6.18. The second-order valence-electron chi connectivity index (χ2n) is 6.18. The molecule has 15 heavy (non-hydrogen) atoms. The Hall–Kier alpha value is -0.120. The van der Waals surface area contributed by atoms with Crippen LogP contribution in [0.2, 0.25) is 0 Å². The fourth-order valence-corrected chi connectivity index (χ4v) is 3.20. The number of rotatable bonds is 1. The number of hydrogen-bond donors (Lipinski definition) is 2. The summed E-state index contributed by atoms with van der Waals surface area (Å²) >= 11 is 0. The highest BCUT2D eigenvalue weighted by atomic mass is 16.5. The van der Waals surface area contributed by atoms with Gasteiger partial charge in [0.25, 0.3) is 0 Å². The minimum atomic E-state index is -0.717. The summed E-state index contributed by atoms with van der Waals surface area (Å²) in [6, 6.07) is 0. The van der Waals surface area contributed by atoms with Crippen molar-refractivity contribution < 1.29 is 9.84 Å². The average Bonchev–Trinajstić information content (AvgIpc) is 2.51. The molecule has 2 rings (SSSR count). The van der Waals surface area contributed by atoms with Crippen LogP contribution in [0, 0.1) is 5.41 Å². The van der Waals surface area contributed by atoms with Gasteiger partial charge in [0, 0.05) is 6.61 Å². The van der Waals surface area contributed by atoms with Gasteiger partial charge >= 0.3 is 0 Å². The van der Waals surface area contributed by atoms with E-state index in [-0.39, 0.29) is 5.41 Å². The van der Waals surface area contributed by atoms with Crippen LogP contribution >= 0.6 is 0 Å². The number of hydrogen-bond acceptors (Lipinski definition) is 3. The van der Waals surface area contributed by atoms with Crippen molar-refractivity contribution in [1.82, 2.24) is 0 Å². The van der Waals surface area contributed by atoms with Gasteiger partial charge in [0.1, 0.15) is 0 Å². The first-order valence-corrected chi connectivity index (χ1v) is 5.96. The molecule has 2 atom stereocenters. The van der Waals surface area contributed by atoms with E-state index in [1.165, 1.54) is 6.42 Å². The van der Waals surface area contributed by atoms with Crippen LogP contribution in [0.4, 0.5) is 0 Å². The molecule has 88 valence electrons. The summed E-state index contributed by atoms with van der Waals surface area (Å²) in [5.74, 6) is 0. The van der Waals surface area contributed by atoms with Gasteiger partial charge in [0.2, 0.25) is 0 Å². The maximum Gasteiger partial charge on any atom is 0.0854 e. The van der Waals surface area contributed by atoms with E-state index in [2.05, 4.69) is 13.8 Å². The van der Waals surface area contributed by atoms with Crippen molar-refractivity contribution in [1.29, 1.82) is 0 Å². The number of nitrogens with two attached hydrogens (primary N) is 1. The first-order chi connectivity index (χ1) is 6.87. The topological polar surface area (TPSA) is 55.5 Å². The summed E-state index contributed by atoms with van der Waals surface area (Å²) in [4.78, 5) is 0. The molecule has 0 spiro atoms. The SMILES string of the molecule is CC1(C)CCCC(O)(C2(N)CCOC2)C1. The summed E-state index contributed by atoms with van der Waals surface area (Å²) < 4.78 is 5.36. The van der Waals surface area contributed by atoms with E-state index in [4.69, 9.17) is 10.5 Å². The van der Waals surface area contributed by atoms with Crippen LogP contribution in [-0.4, -0.2) is 29.5 Å². The molecule has 0 radical (unpaired) electrons. The van der Waals surface area contributed by atoms with Crippen LogP contribution in [0.5, 0.6) is 0 Å². The highest BCUT2D eigenvalue weighted by Gasteiger charge is 2.53. The average molecular weight is 213 g/mol. The molecule has 1 heterocycles. The van der Waals surface area contributed by atoms with Crippen molar-refractivity contribution in [3.8, 4) is 0 Å². The maximum absolute atomic E-state index is 10.8. The lowest BCUT2D eigenvalue weighted by Gasteiger charge is -2.49. The zero-order valence-corrected chi connectivity index (χ0v) is 9.88. The molecule has 2 aliphatic rings. The lowest BCUT2D eigenvalue weighted by atomic mass is 9.62. The molecular formula is C12H23NO2. The molecule has 3 nitrogen and oxygen atoms in total. The van der Waals surface area contributed by atoms with E-state index >= 15 is 0 Å². The molecule has 1 aliphatic carbocycles. The molecule has 2 unspecified atom stereocenters. The van der Waals surface area contributed by atoms with Crippen LogP contribution in [0.1, 0.15) is 46.0 Å². The molecule has 0 aromatic rings. The Bertz CT molecular complexity index is 246. The highest BCUT2D eigenvalue weighted by Crippen LogP contribution is 2.47. The van der Waals surface area contributed by atoms with E-state index in [1.54, 1.807) is 0 Å². The predicted molar refractivity (Wildman–Crippen MR) is 59.6 cm³/mol. The van der Waals surface area contributed by atoms with Gasteiger partial charge in [-0.25, -0.2) is 0 Å². The standard InChI is InChI=1S/C12H23NO2/c1-10(2)4-3-5-12(14,8-10)11(13)6-7-15-9-11/h14H,3-9,13H2,1-2H3. The summed E-state index contributed by atoms with van der Waals surface area (Å²) in [6.45, 7) is 5.64. The van der Waals surface area contributed by atoms with E-state index in [1.807, 2.05) is 0 Å². The van der Waals surface area contributed by atoms with Gasteiger partial charge in [-0.05, 0) is 37.5 Å². The quantitative estimate of drug-likeness (QED) is 0.693. The Balaban J connectivity index is 2.18. The minimum Gasteiger partial charge on any atom is -0.388 e. The summed E-state index contributed by atoms with van der Waals surface area (Å²) in [5.41, 5.74) is 5.30. The molecule has 2 fully saturated rings. The molecule has 1 saturated carbocycles. The molecule has 0 bridgehead atoms. The first kappa shape index (κ1) is 11.4. The van der Waals surface area contributed by atoms with Gasteiger partial charge in [-0.3, -0.25) is 0 Å². The fraction of sp³-hybridized carbons (Fsp3) is 1.00. The fourth-order valence-electron chi connectivity index (χ4n) is 3.20. The van der Waals surface area contributed by atoms with Crippen molar-refractivity contribution in [2.75, 3.05) is 13.2 Å². The van der Waals surface area contributed by atoms with Gasteiger partial charge in [0.15, 0.2) is 0 Å². The van der Waals surface area contributed by atoms with Crippen molar-refractivity contribution in [3.63, 3.8) is 0 Å². The zero-order valence-electron chi connectivity index (χ0n) is 9.88. The summed E-state index contributed by atoms with van der Waals surface area (Å²) in [5, 5.41) is 10.8. The third kappa shape index (κ3) is 1.93. The summed E-state index contributed by atoms with van der Waals surface area (Å²) in [6.07, 6.45) is 4.68. The monoisotopic (exact) mass is 213 g/mol. The molecule has 1 saturated heterocycles. The van der Waals surface area contributed by atoms with Crippen LogP contribution in [-0.2, 0) is 4.74 Å². The van der Waals surface area contributed by atoms with Crippen molar-refractivity contribution in [3.05, 3.63) is 0 Å². The van der Waals surface area contributed by atoms with Crippen LogP contribution in [0.25, 0.3) is 0 Å². The zero-order chi connectivity index (χ0) is 11.2. The Morgan fingerprint density at radius 3 is 2.47 bits per heavy atom. The summed E-state index contributed by atoms with van der Waals surface area (Å²) in [7, 11) is 0. The largest absolute Gasteiger partial charge is 0.388 e. The van der Waals surface area contributed by atoms with Gasteiger partial charge < -0.3 is 15.6 Å². The lowest BCUT2D eigenvalue weighted by Crippen LogP contribution is -2.63. The van der Waals surface area contributed by atoms with Crippen LogP contribution in [0.3, 0.4) is 0 Å². The van der Waals surface area contributed by atoms with Crippen molar-refractivity contribution >= 4 is 0 Å². The van der Waals surface area contributed by atoms with Crippen LogP contribution < -0.4 is 5.73 Å². The molecule has 0 aromatic carbocycles. The molecule has 3 N–H and O–H groups in total. The van der Waals surface area contributed by atoms with E-state index < -0.39 is 11.1 Å². The Kier molecular flexibility index (Phi) is 2.61. The van der Waals surface area contributed by atoms with E-state index in [0.717, 1.165) is 25.7 Å². The molecular weight excluding hydrogens is 190 g/mol. The maximum atomic E-state index is 10.8. The molecule has 1 aliphatic heterocycles. The highest BCUT2D eigenvalue weighted by molar-refractivity contribution is 5.09. The third-order valence-electron chi connectivity index (χ3n) is 4.19. The number of ether oxygens (including phenoxy) is 1. The van der Waals surface area contributed by atoms with Gasteiger partial charge in [-0.2, -0.15) is 0 Å². The predicted octanol–water partition coefficient (Wildman–Crippen LogP) is 1.44. The Morgan fingerprint density at radius 2 is 1.93 bits per heavy atom. The normalized spacial score (nSPS) is 45.6. The molecule has 0 amide bonds. The van der Waals surface area contributed by atoms with Crippen molar-refractivity contribution in [2.45, 2.75) is 57.1 Å². The molecule has 3 heteroatoms. The second kappa shape index (κ2) is 3.44. The Morgan fingerprint density at radius 1 is 1.20 bits per heavy atom. The first-order valence-electron chi connectivity index (χ1n) is 5.96. The minimum absolute atomic E-state index is 0.210. The van der Waals surface area contributed by atoms with Gasteiger partial charge in [-0.15, -0.1) is 0 Å². The lowest BCUT2D eigenvalue weighted by molar-refractivity contribution is -0.0965. The van der Waals surface area contributed by atoms with Crippen LogP contribution in [0.15, 0.2) is 0 Å².